The summed E-state index contributed by atoms with van der Waals surface area (Å²) in [7, 11) is 0. The van der Waals surface area contributed by atoms with E-state index < -0.39 is 0 Å². The van der Waals surface area contributed by atoms with Crippen molar-refractivity contribution in [3.63, 3.8) is 0 Å². The molecule has 7 nitrogen and oxygen atoms in total. The van der Waals surface area contributed by atoms with Crippen LogP contribution in [0, 0.1) is 5.41 Å². The van der Waals surface area contributed by atoms with Crippen LogP contribution < -0.4 is 5.56 Å². The minimum atomic E-state index is -0.161. The van der Waals surface area contributed by atoms with Crippen molar-refractivity contribution < 1.29 is 9.59 Å². The van der Waals surface area contributed by atoms with Gasteiger partial charge in [-0.25, -0.2) is 0 Å². The molecule has 1 spiro atoms. The zero-order valence-electron chi connectivity index (χ0n) is 16.5. The average molecular weight is 394 g/mol. The summed E-state index contributed by atoms with van der Waals surface area (Å²) in [4.78, 5) is 44.9. The smallest absolute Gasteiger partial charge is 0.250 e. The SMILES string of the molecule is O=C(Cn1ccccc1=O)N1CCC2(CCC(=O)N(Cc3cccnc3)C2)CC1. The predicted molar refractivity (Wildman–Crippen MR) is 108 cm³/mol. The molecular formula is C22H26N4O3. The van der Waals surface area contributed by atoms with Gasteiger partial charge in [-0.05, 0) is 42.4 Å². The summed E-state index contributed by atoms with van der Waals surface area (Å²) in [5.41, 5.74) is 0.959. The van der Waals surface area contributed by atoms with Crippen LogP contribution >= 0.6 is 0 Å². The Balaban J connectivity index is 1.36. The number of nitrogens with zero attached hydrogens (tertiary/aromatic N) is 4. The largest absolute Gasteiger partial charge is 0.341 e. The topological polar surface area (TPSA) is 75.5 Å². The van der Waals surface area contributed by atoms with Crippen LogP contribution in [0.5, 0.6) is 0 Å². The third-order valence-electron chi connectivity index (χ3n) is 6.23. The molecule has 152 valence electrons. The molecule has 2 fully saturated rings. The number of likely N-dealkylation sites (tertiary alicyclic amines) is 2. The van der Waals surface area contributed by atoms with E-state index in [1.807, 2.05) is 21.9 Å². The summed E-state index contributed by atoms with van der Waals surface area (Å²) in [5.74, 6) is 0.175. The molecule has 2 aromatic rings. The van der Waals surface area contributed by atoms with Gasteiger partial charge in [0.1, 0.15) is 6.54 Å². The summed E-state index contributed by atoms with van der Waals surface area (Å²) >= 11 is 0. The minimum absolute atomic E-state index is 0.0211. The molecule has 2 amide bonds. The Bertz CT molecular complexity index is 932. The van der Waals surface area contributed by atoms with E-state index in [-0.39, 0.29) is 29.3 Å². The molecule has 0 bridgehead atoms. The van der Waals surface area contributed by atoms with Crippen LogP contribution in [0.15, 0.2) is 53.7 Å². The lowest BCUT2D eigenvalue weighted by Gasteiger charge is -2.47. The molecule has 29 heavy (non-hydrogen) atoms. The lowest BCUT2D eigenvalue weighted by atomic mass is 9.72. The van der Waals surface area contributed by atoms with Gasteiger partial charge in [-0.2, -0.15) is 0 Å². The Hall–Kier alpha value is -2.96. The fourth-order valence-electron chi connectivity index (χ4n) is 4.43. The monoisotopic (exact) mass is 394 g/mol. The van der Waals surface area contributed by atoms with Crippen molar-refractivity contribution in [2.45, 2.75) is 38.8 Å². The quantitative estimate of drug-likeness (QED) is 0.791. The van der Waals surface area contributed by atoms with Crippen LogP contribution in [0.2, 0.25) is 0 Å². The zero-order chi connectivity index (χ0) is 20.3. The molecule has 2 aliphatic rings. The first-order valence-corrected chi connectivity index (χ1v) is 10.1. The molecule has 2 aromatic heterocycles. The first-order valence-electron chi connectivity index (χ1n) is 10.1. The first-order chi connectivity index (χ1) is 14.0. The Morgan fingerprint density at radius 3 is 2.62 bits per heavy atom. The van der Waals surface area contributed by atoms with E-state index in [2.05, 4.69) is 4.98 Å². The Labute approximate surface area is 170 Å². The Kier molecular flexibility index (Phi) is 5.47. The maximum Gasteiger partial charge on any atom is 0.250 e. The number of carbonyl (C=O) groups excluding carboxylic acids is 2. The normalized spacial score (nSPS) is 18.8. The molecule has 0 aliphatic carbocycles. The summed E-state index contributed by atoms with van der Waals surface area (Å²) in [6, 6.07) is 8.79. The molecule has 0 aromatic carbocycles. The van der Waals surface area contributed by atoms with E-state index in [9.17, 15) is 14.4 Å². The maximum atomic E-state index is 12.6. The van der Waals surface area contributed by atoms with Crippen molar-refractivity contribution in [1.29, 1.82) is 0 Å². The van der Waals surface area contributed by atoms with Crippen molar-refractivity contribution >= 4 is 11.8 Å². The van der Waals surface area contributed by atoms with Gasteiger partial charge in [0.2, 0.25) is 11.8 Å². The Morgan fingerprint density at radius 2 is 1.90 bits per heavy atom. The molecule has 0 saturated carbocycles. The second-order valence-electron chi connectivity index (χ2n) is 8.16. The van der Waals surface area contributed by atoms with Gasteiger partial charge in [0, 0.05) is 57.3 Å². The molecular weight excluding hydrogens is 368 g/mol. The summed E-state index contributed by atoms with van der Waals surface area (Å²) in [6.07, 6.45) is 8.41. The van der Waals surface area contributed by atoms with Gasteiger partial charge in [-0.3, -0.25) is 19.4 Å². The third-order valence-corrected chi connectivity index (χ3v) is 6.23. The van der Waals surface area contributed by atoms with Gasteiger partial charge in [-0.1, -0.05) is 12.1 Å². The number of hydrogen-bond donors (Lipinski definition) is 0. The number of rotatable bonds is 4. The lowest BCUT2D eigenvalue weighted by molar-refractivity contribution is -0.143. The highest BCUT2D eigenvalue weighted by Gasteiger charge is 2.41. The summed E-state index contributed by atoms with van der Waals surface area (Å²) < 4.78 is 1.45. The number of amides is 2. The summed E-state index contributed by atoms with van der Waals surface area (Å²) in [5, 5.41) is 0. The lowest BCUT2D eigenvalue weighted by Crippen LogP contribution is -2.52. The predicted octanol–water partition coefficient (Wildman–Crippen LogP) is 1.67. The number of aromatic nitrogens is 2. The van der Waals surface area contributed by atoms with Crippen LogP contribution in [0.4, 0.5) is 0 Å². The standard InChI is InChI=1S/C22H26N4O3/c27-19-5-1-2-11-25(19)16-21(29)24-12-8-22(9-13-24)7-6-20(28)26(17-22)15-18-4-3-10-23-14-18/h1-5,10-11,14H,6-9,12-13,15-17H2. The molecule has 2 saturated heterocycles. The van der Waals surface area contributed by atoms with Crippen LogP contribution in [0.1, 0.15) is 31.2 Å². The van der Waals surface area contributed by atoms with Crippen molar-refractivity contribution in [3.8, 4) is 0 Å². The molecule has 0 radical (unpaired) electrons. The number of piperidine rings is 2. The van der Waals surface area contributed by atoms with Gasteiger partial charge < -0.3 is 14.4 Å². The summed E-state index contributed by atoms with van der Waals surface area (Å²) in [6.45, 7) is 2.76. The van der Waals surface area contributed by atoms with Gasteiger partial charge in [-0.15, -0.1) is 0 Å². The molecule has 4 heterocycles. The molecule has 4 rings (SSSR count). The van der Waals surface area contributed by atoms with E-state index in [0.29, 0.717) is 26.1 Å². The molecule has 0 atom stereocenters. The van der Waals surface area contributed by atoms with Crippen molar-refractivity contribution in [2.75, 3.05) is 19.6 Å². The third kappa shape index (κ3) is 4.39. The highest BCUT2D eigenvalue weighted by atomic mass is 16.2. The van der Waals surface area contributed by atoms with Gasteiger partial charge in [0.05, 0.1) is 0 Å². The van der Waals surface area contributed by atoms with Crippen LogP contribution in [-0.4, -0.2) is 50.8 Å². The minimum Gasteiger partial charge on any atom is -0.341 e. The average Bonchev–Trinajstić information content (AvgIpc) is 2.74. The molecule has 2 aliphatic heterocycles. The fourth-order valence-corrected chi connectivity index (χ4v) is 4.43. The van der Waals surface area contributed by atoms with Crippen LogP contribution in [0.25, 0.3) is 0 Å². The first kappa shape index (κ1) is 19.4. The van der Waals surface area contributed by atoms with Crippen molar-refractivity contribution in [1.82, 2.24) is 19.4 Å². The highest BCUT2D eigenvalue weighted by molar-refractivity contribution is 5.77. The van der Waals surface area contributed by atoms with E-state index in [4.69, 9.17) is 0 Å². The number of pyridine rings is 2. The second-order valence-corrected chi connectivity index (χ2v) is 8.16. The van der Waals surface area contributed by atoms with Crippen molar-refractivity contribution in [3.05, 3.63) is 64.8 Å². The zero-order valence-corrected chi connectivity index (χ0v) is 16.5. The van der Waals surface area contributed by atoms with Crippen molar-refractivity contribution in [2.24, 2.45) is 5.41 Å². The molecule has 0 unspecified atom stereocenters. The molecule has 7 heteroatoms. The maximum absolute atomic E-state index is 12.6. The van der Waals surface area contributed by atoms with E-state index in [1.54, 1.807) is 30.7 Å². The highest BCUT2D eigenvalue weighted by Crippen LogP contribution is 2.40. The number of hydrogen-bond acceptors (Lipinski definition) is 4. The van der Waals surface area contributed by atoms with Crippen LogP contribution in [-0.2, 0) is 22.7 Å². The van der Waals surface area contributed by atoms with E-state index in [0.717, 1.165) is 31.4 Å². The fraction of sp³-hybridized carbons (Fsp3) is 0.455. The Morgan fingerprint density at radius 1 is 1.07 bits per heavy atom. The van der Waals surface area contributed by atoms with Crippen LogP contribution in [0.3, 0.4) is 0 Å². The van der Waals surface area contributed by atoms with Gasteiger partial charge in [0.15, 0.2) is 0 Å². The van der Waals surface area contributed by atoms with Gasteiger partial charge >= 0.3 is 0 Å². The van der Waals surface area contributed by atoms with Gasteiger partial charge in [0.25, 0.3) is 5.56 Å². The number of carbonyl (C=O) groups is 2. The molecule has 0 N–H and O–H groups in total. The van der Waals surface area contributed by atoms with E-state index >= 15 is 0 Å². The second kappa shape index (κ2) is 8.19. The van der Waals surface area contributed by atoms with E-state index in [1.165, 1.54) is 10.6 Å².